The summed E-state index contributed by atoms with van der Waals surface area (Å²) in [6, 6.07) is 0.890. The molecule has 1 saturated carbocycles. The van der Waals surface area contributed by atoms with Crippen molar-refractivity contribution >= 4 is 5.71 Å². The molecular weight excluding hydrogens is 220 g/mol. The molecule has 0 radical (unpaired) electrons. The van der Waals surface area contributed by atoms with E-state index in [1.165, 1.54) is 50.9 Å². The first-order chi connectivity index (χ1) is 8.83. The molecule has 0 unspecified atom stereocenters. The van der Waals surface area contributed by atoms with Gasteiger partial charge in [0.2, 0.25) is 0 Å². The molecule has 0 N–H and O–H groups in total. The minimum atomic E-state index is 0.820. The summed E-state index contributed by atoms with van der Waals surface area (Å²) >= 11 is 0. The van der Waals surface area contributed by atoms with Gasteiger partial charge in [0, 0.05) is 31.9 Å². The molecule has 1 saturated heterocycles. The van der Waals surface area contributed by atoms with E-state index in [1.54, 1.807) is 0 Å². The van der Waals surface area contributed by atoms with E-state index in [1.807, 2.05) is 19.2 Å². The van der Waals surface area contributed by atoms with Gasteiger partial charge in [0.15, 0.2) is 0 Å². The minimum absolute atomic E-state index is 0.820. The van der Waals surface area contributed by atoms with Crippen LogP contribution in [0.3, 0.4) is 0 Å². The van der Waals surface area contributed by atoms with Crippen LogP contribution in [0.1, 0.15) is 38.5 Å². The molecule has 2 nitrogen and oxygen atoms in total. The Bertz CT molecular complexity index is 318. The van der Waals surface area contributed by atoms with Crippen molar-refractivity contribution in [2.75, 3.05) is 20.1 Å². The smallest absolute Gasteiger partial charge is 0.0348 e. The van der Waals surface area contributed by atoms with Crippen molar-refractivity contribution in [1.82, 2.24) is 4.90 Å². The first-order valence-corrected chi connectivity index (χ1v) is 7.32. The predicted molar refractivity (Wildman–Crippen MR) is 79.2 cm³/mol. The summed E-state index contributed by atoms with van der Waals surface area (Å²) in [5.41, 5.74) is 1.21. The number of rotatable bonds is 5. The molecule has 0 atom stereocenters. The molecule has 100 valence electrons. The van der Waals surface area contributed by atoms with Gasteiger partial charge in [-0.1, -0.05) is 38.0 Å². The van der Waals surface area contributed by atoms with E-state index in [4.69, 9.17) is 0 Å². The summed E-state index contributed by atoms with van der Waals surface area (Å²) in [5.74, 6) is 0.820. The zero-order valence-corrected chi connectivity index (χ0v) is 11.6. The third-order valence-corrected chi connectivity index (χ3v) is 4.29. The second kappa shape index (κ2) is 6.89. The van der Waals surface area contributed by atoms with Crippen molar-refractivity contribution in [1.29, 1.82) is 0 Å². The van der Waals surface area contributed by atoms with Gasteiger partial charge >= 0.3 is 0 Å². The van der Waals surface area contributed by atoms with Gasteiger partial charge < -0.3 is 0 Å². The molecule has 0 aromatic carbocycles. The maximum atomic E-state index is 4.35. The summed E-state index contributed by atoms with van der Waals surface area (Å²) in [5, 5.41) is 0. The lowest BCUT2D eigenvalue weighted by molar-refractivity contribution is 0.0388. The van der Waals surface area contributed by atoms with Gasteiger partial charge in [0.05, 0.1) is 0 Å². The van der Waals surface area contributed by atoms with E-state index in [2.05, 4.69) is 22.5 Å². The summed E-state index contributed by atoms with van der Waals surface area (Å²) < 4.78 is 0. The van der Waals surface area contributed by atoms with Crippen LogP contribution >= 0.6 is 0 Å². The highest BCUT2D eigenvalue weighted by molar-refractivity contribution is 5.95. The van der Waals surface area contributed by atoms with Gasteiger partial charge in [-0.2, -0.15) is 0 Å². The zero-order valence-electron chi connectivity index (χ0n) is 11.6. The van der Waals surface area contributed by atoms with E-state index in [9.17, 15) is 0 Å². The normalized spacial score (nSPS) is 24.4. The van der Waals surface area contributed by atoms with Crippen LogP contribution in [0.2, 0.25) is 0 Å². The molecule has 1 aliphatic heterocycles. The van der Waals surface area contributed by atoms with Crippen LogP contribution in [0, 0.1) is 5.92 Å². The molecule has 2 heteroatoms. The first-order valence-electron chi connectivity index (χ1n) is 7.32. The Morgan fingerprint density at radius 1 is 1.28 bits per heavy atom. The number of nitrogens with zero attached hydrogens (tertiary/aromatic N) is 2. The number of allylic oxidation sites excluding steroid dienone is 3. The second-order valence-corrected chi connectivity index (χ2v) is 5.63. The monoisotopic (exact) mass is 246 g/mol. The standard InChI is InChI=1S/C16H26N2/c1-3-4-8-15(17-2)11-14-12-18(13-14)16-9-6-5-7-10-16/h3-4,8,14,16H,1,5-7,9-13H2,2H3/b8-4-,17-15?. The van der Waals surface area contributed by atoms with Crippen LogP contribution in [0.25, 0.3) is 0 Å². The van der Waals surface area contributed by atoms with Crippen LogP contribution in [-0.4, -0.2) is 36.8 Å². The van der Waals surface area contributed by atoms with E-state index in [0.29, 0.717) is 0 Å². The third-order valence-electron chi connectivity index (χ3n) is 4.29. The van der Waals surface area contributed by atoms with Crippen molar-refractivity contribution in [3.63, 3.8) is 0 Å². The quantitative estimate of drug-likeness (QED) is 0.536. The van der Waals surface area contributed by atoms with Crippen LogP contribution in [-0.2, 0) is 0 Å². The summed E-state index contributed by atoms with van der Waals surface area (Å²) in [7, 11) is 1.89. The highest BCUT2D eigenvalue weighted by Gasteiger charge is 2.32. The number of aliphatic imine (C=N–C) groups is 1. The average molecular weight is 246 g/mol. The third kappa shape index (κ3) is 3.55. The summed E-state index contributed by atoms with van der Waals surface area (Å²) in [6.07, 6.45) is 14.2. The molecule has 1 heterocycles. The van der Waals surface area contributed by atoms with Gasteiger partial charge in [-0.3, -0.25) is 9.89 Å². The molecule has 0 bridgehead atoms. The van der Waals surface area contributed by atoms with Gasteiger partial charge in [0.25, 0.3) is 0 Å². The molecule has 2 rings (SSSR count). The summed E-state index contributed by atoms with van der Waals surface area (Å²) in [4.78, 5) is 7.04. The Labute approximate surface area is 111 Å². The zero-order chi connectivity index (χ0) is 12.8. The van der Waals surface area contributed by atoms with E-state index in [-0.39, 0.29) is 0 Å². The van der Waals surface area contributed by atoms with Crippen LogP contribution in [0.4, 0.5) is 0 Å². The maximum Gasteiger partial charge on any atom is 0.0348 e. The van der Waals surface area contributed by atoms with Crippen LogP contribution in [0.15, 0.2) is 29.8 Å². The van der Waals surface area contributed by atoms with Gasteiger partial charge in [-0.15, -0.1) is 0 Å². The fraction of sp³-hybridized carbons (Fsp3) is 0.688. The molecule has 1 aliphatic carbocycles. The lowest BCUT2D eigenvalue weighted by Gasteiger charge is -2.46. The van der Waals surface area contributed by atoms with Crippen molar-refractivity contribution in [3.05, 3.63) is 24.8 Å². The molecule has 2 aliphatic rings. The first kappa shape index (κ1) is 13.5. The Kier molecular flexibility index (Phi) is 5.18. The summed E-state index contributed by atoms with van der Waals surface area (Å²) in [6.45, 7) is 6.27. The second-order valence-electron chi connectivity index (χ2n) is 5.63. The Morgan fingerprint density at radius 3 is 2.61 bits per heavy atom. The predicted octanol–water partition coefficient (Wildman–Crippen LogP) is 3.45. The fourth-order valence-corrected chi connectivity index (χ4v) is 3.19. The fourth-order valence-electron chi connectivity index (χ4n) is 3.19. The highest BCUT2D eigenvalue weighted by Crippen LogP contribution is 2.29. The maximum absolute atomic E-state index is 4.35. The lowest BCUT2D eigenvalue weighted by atomic mass is 9.87. The Morgan fingerprint density at radius 2 is 2.00 bits per heavy atom. The Balaban J connectivity index is 1.71. The molecular formula is C16H26N2. The van der Waals surface area contributed by atoms with Crippen molar-refractivity contribution in [2.24, 2.45) is 10.9 Å². The van der Waals surface area contributed by atoms with Crippen molar-refractivity contribution < 1.29 is 0 Å². The molecule has 0 spiro atoms. The molecule has 18 heavy (non-hydrogen) atoms. The lowest BCUT2D eigenvalue weighted by Crippen LogP contribution is -2.53. The molecule has 0 aromatic heterocycles. The van der Waals surface area contributed by atoms with Gasteiger partial charge in [0.1, 0.15) is 0 Å². The van der Waals surface area contributed by atoms with Crippen LogP contribution in [0.5, 0.6) is 0 Å². The number of hydrogen-bond donors (Lipinski definition) is 0. The van der Waals surface area contributed by atoms with E-state index < -0.39 is 0 Å². The van der Waals surface area contributed by atoms with Crippen molar-refractivity contribution in [3.8, 4) is 0 Å². The van der Waals surface area contributed by atoms with Crippen LogP contribution < -0.4 is 0 Å². The van der Waals surface area contributed by atoms with Crippen molar-refractivity contribution in [2.45, 2.75) is 44.6 Å². The molecule has 0 aromatic rings. The minimum Gasteiger partial charge on any atom is -0.300 e. The van der Waals surface area contributed by atoms with E-state index >= 15 is 0 Å². The topological polar surface area (TPSA) is 15.6 Å². The average Bonchev–Trinajstić information content (AvgIpc) is 2.38. The largest absolute Gasteiger partial charge is 0.300 e. The van der Waals surface area contributed by atoms with Gasteiger partial charge in [-0.25, -0.2) is 0 Å². The number of hydrogen-bond acceptors (Lipinski definition) is 2. The molecule has 2 fully saturated rings. The van der Waals surface area contributed by atoms with E-state index in [0.717, 1.165) is 18.4 Å². The Hall–Kier alpha value is -0.890. The highest BCUT2D eigenvalue weighted by atomic mass is 15.2. The van der Waals surface area contributed by atoms with Gasteiger partial charge in [-0.05, 0) is 31.3 Å². The molecule has 0 amide bonds. The number of likely N-dealkylation sites (tertiary alicyclic amines) is 1. The SMILES string of the molecule is C=C/C=C\C(CC1CN(C2CCCCC2)C1)=NC.